The van der Waals surface area contributed by atoms with Gasteiger partial charge in [0.25, 0.3) is 0 Å². The van der Waals surface area contributed by atoms with Crippen molar-refractivity contribution in [1.29, 1.82) is 0 Å². The molecule has 118 valence electrons. The summed E-state index contributed by atoms with van der Waals surface area (Å²) in [6.07, 6.45) is 3.29. The molecule has 0 unspecified atom stereocenters. The Morgan fingerprint density at radius 3 is 2.86 bits per heavy atom. The molecule has 0 atom stereocenters. The Hall–Kier alpha value is -2.08. The number of carbonyl (C=O) groups excluding carboxylic acids is 1. The van der Waals surface area contributed by atoms with Gasteiger partial charge in [-0.3, -0.25) is 9.48 Å². The lowest BCUT2D eigenvalue weighted by Crippen LogP contribution is -2.31. The smallest absolute Gasteiger partial charge is 0.242 e. The van der Waals surface area contributed by atoms with Gasteiger partial charge in [0.15, 0.2) is 11.6 Å². The first-order chi connectivity index (χ1) is 10.6. The maximum absolute atomic E-state index is 14.3. The van der Waals surface area contributed by atoms with Crippen LogP contribution in [0, 0.1) is 5.82 Å². The highest BCUT2D eigenvalue weighted by molar-refractivity contribution is 6.29. The predicted octanol–water partition coefficient (Wildman–Crippen LogP) is 2.82. The molecule has 0 saturated carbocycles. The first-order valence-electron chi connectivity index (χ1n) is 6.80. The number of hydrogen-bond donors (Lipinski definition) is 0. The minimum Gasteiger partial charge on any atom is -0.494 e. The summed E-state index contributed by atoms with van der Waals surface area (Å²) in [6, 6.07) is 4.81. The fourth-order valence-electron chi connectivity index (χ4n) is 2.07. The van der Waals surface area contributed by atoms with Crippen LogP contribution in [0.25, 0.3) is 0 Å². The Bertz CT molecular complexity index is 660. The molecule has 1 heterocycles. The van der Waals surface area contributed by atoms with Gasteiger partial charge in [0, 0.05) is 18.3 Å². The zero-order valence-corrected chi connectivity index (χ0v) is 13.2. The second-order valence-electron chi connectivity index (χ2n) is 4.60. The molecule has 0 saturated heterocycles. The van der Waals surface area contributed by atoms with Crippen LogP contribution in [0.4, 0.5) is 10.1 Å². The zero-order valence-electron chi connectivity index (χ0n) is 12.4. The summed E-state index contributed by atoms with van der Waals surface area (Å²) < 4.78 is 20.9. The third-order valence-corrected chi connectivity index (χ3v) is 3.49. The molecule has 1 amide bonds. The molecule has 1 aromatic heterocycles. The number of benzene rings is 1. The van der Waals surface area contributed by atoms with Crippen LogP contribution in [-0.4, -0.2) is 28.7 Å². The average Bonchev–Trinajstić information content (AvgIpc) is 3.02. The van der Waals surface area contributed by atoms with E-state index >= 15 is 0 Å². The number of aryl methyl sites for hydroxylation is 1. The van der Waals surface area contributed by atoms with E-state index in [-0.39, 0.29) is 24.1 Å². The van der Waals surface area contributed by atoms with Gasteiger partial charge >= 0.3 is 0 Å². The number of amides is 1. The molecule has 0 aliphatic carbocycles. The van der Waals surface area contributed by atoms with Crippen LogP contribution in [0.15, 0.2) is 30.6 Å². The number of alkyl halides is 1. The van der Waals surface area contributed by atoms with Crippen molar-refractivity contribution >= 4 is 23.2 Å². The fourth-order valence-corrected chi connectivity index (χ4v) is 2.21. The molecule has 0 radical (unpaired) electrons. The first-order valence-corrected chi connectivity index (χ1v) is 7.34. The molecule has 1 aromatic carbocycles. The molecule has 0 fully saturated rings. The highest BCUT2D eigenvalue weighted by Crippen LogP contribution is 2.24. The quantitative estimate of drug-likeness (QED) is 0.767. The van der Waals surface area contributed by atoms with Crippen molar-refractivity contribution in [3.05, 3.63) is 42.0 Å². The number of methoxy groups -OCH3 is 1. The van der Waals surface area contributed by atoms with E-state index in [9.17, 15) is 9.18 Å². The van der Waals surface area contributed by atoms with E-state index < -0.39 is 5.82 Å². The van der Waals surface area contributed by atoms with Gasteiger partial charge in [-0.2, -0.15) is 5.10 Å². The highest BCUT2D eigenvalue weighted by Gasteiger charge is 2.19. The van der Waals surface area contributed by atoms with Crippen LogP contribution < -0.4 is 9.64 Å². The number of carbonyl (C=O) groups is 1. The van der Waals surface area contributed by atoms with E-state index in [4.69, 9.17) is 16.3 Å². The van der Waals surface area contributed by atoms with E-state index in [0.29, 0.717) is 17.8 Å². The van der Waals surface area contributed by atoms with Crippen LogP contribution in [0.1, 0.15) is 12.5 Å². The topological polar surface area (TPSA) is 47.4 Å². The van der Waals surface area contributed by atoms with Crippen LogP contribution in [0.3, 0.4) is 0 Å². The standard InChI is InChI=1S/C15H17ClFN3O2/c1-3-19-10-12(8-18-19)20(14(21)7-16)9-11-5-4-6-13(22-2)15(11)17/h4-6,8,10H,3,7,9H2,1-2H3. The molecule has 22 heavy (non-hydrogen) atoms. The van der Waals surface area contributed by atoms with Gasteiger partial charge in [-0.25, -0.2) is 4.39 Å². The molecule has 0 aliphatic rings. The van der Waals surface area contributed by atoms with Gasteiger partial charge in [0.2, 0.25) is 5.91 Å². The van der Waals surface area contributed by atoms with Crippen molar-refractivity contribution in [2.24, 2.45) is 0 Å². The molecule has 2 aromatic rings. The zero-order chi connectivity index (χ0) is 16.1. The third-order valence-electron chi connectivity index (χ3n) is 3.26. The monoisotopic (exact) mass is 325 g/mol. The van der Waals surface area contributed by atoms with Crippen molar-refractivity contribution in [3.63, 3.8) is 0 Å². The second-order valence-corrected chi connectivity index (χ2v) is 4.87. The minimum atomic E-state index is -0.486. The van der Waals surface area contributed by atoms with Gasteiger partial charge in [0.05, 0.1) is 25.5 Å². The predicted molar refractivity (Wildman–Crippen MR) is 82.8 cm³/mol. The molecule has 0 aliphatic heterocycles. The van der Waals surface area contributed by atoms with Crippen LogP contribution >= 0.6 is 11.6 Å². The maximum atomic E-state index is 14.3. The summed E-state index contributed by atoms with van der Waals surface area (Å²) in [4.78, 5) is 13.5. The van der Waals surface area contributed by atoms with Crippen molar-refractivity contribution < 1.29 is 13.9 Å². The molecular weight excluding hydrogens is 309 g/mol. The number of hydrogen-bond acceptors (Lipinski definition) is 3. The molecule has 7 heteroatoms. The summed E-state index contributed by atoms with van der Waals surface area (Å²) in [5.74, 6) is -0.858. The normalized spacial score (nSPS) is 10.5. The molecule has 0 N–H and O–H groups in total. The summed E-state index contributed by atoms with van der Waals surface area (Å²) in [5.41, 5.74) is 0.928. The van der Waals surface area contributed by atoms with Crippen molar-refractivity contribution in [3.8, 4) is 5.75 Å². The van der Waals surface area contributed by atoms with E-state index in [2.05, 4.69) is 5.10 Å². The summed E-state index contributed by atoms with van der Waals surface area (Å²) in [7, 11) is 1.40. The van der Waals surface area contributed by atoms with Crippen LogP contribution in [0.2, 0.25) is 0 Å². The fraction of sp³-hybridized carbons (Fsp3) is 0.333. The number of aromatic nitrogens is 2. The van der Waals surface area contributed by atoms with Gasteiger partial charge < -0.3 is 9.64 Å². The first kappa shape index (κ1) is 16.3. The Morgan fingerprint density at radius 2 is 2.27 bits per heavy atom. The van der Waals surface area contributed by atoms with Crippen LogP contribution in [0.5, 0.6) is 5.75 Å². The minimum absolute atomic E-state index is 0.0595. The Kier molecular flexibility index (Phi) is 5.38. The third kappa shape index (κ3) is 3.39. The van der Waals surface area contributed by atoms with Gasteiger partial charge in [-0.15, -0.1) is 11.6 Å². The lowest BCUT2D eigenvalue weighted by molar-refractivity contribution is -0.116. The molecular formula is C15H17ClFN3O2. The Balaban J connectivity index is 2.33. The Labute approximate surface area is 133 Å². The van der Waals surface area contributed by atoms with E-state index in [1.54, 1.807) is 29.2 Å². The van der Waals surface area contributed by atoms with Gasteiger partial charge in [-0.05, 0) is 13.0 Å². The molecule has 0 bridgehead atoms. The van der Waals surface area contributed by atoms with E-state index in [0.717, 1.165) is 0 Å². The number of anilines is 1. The van der Waals surface area contributed by atoms with E-state index in [1.165, 1.54) is 18.1 Å². The summed E-state index contributed by atoms with van der Waals surface area (Å²) >= 11 is 5.67. The SMILES string of the molecule is CCn1cc(N(Cc2cccc(OC)c2F)C(=O)CCl)cn1. The van der Waals surface area contributed by atoms with Gasteiger partial charge in [0.1, 0.15) is 5.88 Å². The molecule has 5 nitrogen and oxygen atoms in total. The number of ether oxygens (including phenoxy) is 1. The maximum Gasteiger partial charge on any atom is 0.242 e. The number of rotatable bonds is 6. The van der Waals surface area contributed by atoms with Crippen molar-refractivity contribution in [1.82, 2.24) is 9.78 Å². The lowest BCUT2D eigenvalue weighted by Gasteiger charge is -2.20. The van der Waals surface area contributed by atoms with Gasteiger partial charge in [-0.1, -0.05) is 12.1 Å². The average molecular weight is 326 g/mol. The second kappa shape index (κ2) is 7.26. The highest BCUT2D eigenvalue weighted by atomic mass is 35.5. The number of nitrogens with zero attached hydrogens (tertiary/aromatic N) is 3. The molecule has 2 rings (SSSR count). The molecule has 0 spiro atoms. The Morgan fingerprint density at radius 1 is 1.50 bits per heavy atom. The van der Waals surface area contributed by atoms with Crippen molar-refractivity contribution in [2.45, 2.75) is 20.0 Å². The summed E-state index contributed by atoms with van der Waals surface area (Å²) in [6.45, 7) is 2.67. The number of halogens is 2. The van der Waals surface area contributed by atoms with Crippen molar-refractivity contribution in [2.75, 3.05) is 17.9 Å². The lowest BCUT2D eigenvalue weighted by atomic mass is 10.1. The largest absolute Gasteiger partial charge is 0.494 e. The van der Waals surface area contributed by atoms with Crippen LogP contribution in [-0.2, 0) is 17.9 Å². The summed E-state index contributed by atoms with van der Waals surface area (Å²) in [5, 5.41) is 4.13. The van der Waals surface area contributed by atoms with E-state index in [1.807, 2.05) is 6.92 Å².